The maximum absolute atomic E-state index is 9.79. The highest BCUT2D eigenvalue weighted by atomic mass is 16.5. The van der Waals surface area contributed by atoms with Crippen molar-refractivity contribution in [3.05, 3.63) is 0 Å². The summed E-state index contributed by atoms with van der Waals surface area (Å²) in [4.78, 5) is 0. The summed E-state index contributed by atoms with van der Waals surface area (Å²) >= 11 is 0. The maximum atomic E-state index is 9.79. The molecule has 0 aromatic heterocycles. The van der Waals surface area contributed by atoms with Crippen LogP contribution in [0.4, 0.5) is 0 Å². The number of aliphatic hydroxyl groups is 1. The summed E-state index contributed by atoms with van der Waals surface area (Å²) in [6.07, 6.45) is 6.28. The molecule has 2 heterocycles. The Balaban J connectivity index is 1.89. The predicted octanol–water partition coefficient (Wildman–Crippen LogP) is 1.71. The number of hydrogen-bond donors (Lipinski definition) is 1. The Morgan fingerprint density at radius 3 is 2.83 bits per heavy atom. The topological polar surface area (TPSA) is 29.5 Å². The van der Waals surface area contributed by atoms with Crippen LogP contribution in [0, 0.1) is 5.92 Å². The van der Waals surface area contributed by atoms with Gasteiger partial charge in [-0.3, -0.25) is 0 Å². The summed E-state index contributed by atoms with van der Waals surface area (Å²) < 4.78 is 5.69. The van der Waals surface area contributed by atoms with Crippen LogP contribution in [-0.4, -0.2) is 23.4 Å². The van der Waals surface area contributed by atoms with Crippen LogP contribution >= 0.6 is 0 Å². The average Bonchev–Trinajstić information content (AvgIpc) is 2.64. The first-order chi connectivity index (χ1) is 5.81. The Labute approximate surface area is 73.9 Å². The van der Waals surface area contributed by atoms with Crippen molar-refractivity contribution in [1.82, 2.24) is 0 Å². The van der Waals surface area contributed by atoms with Crippen molar-refractivity contribution in [2.24, 2.45) is 5.92 Å². The standard InChI is InChI=1S/C10H18O2/c1-2-3-9(11)8-6-7-4-5-10(8)12-7/h7-11H,2-6H2,1H3/t7?,8?,9-,10?/m0/s1. The summed E-state index contributed by atoms with van der Waals surface area (Å²) in [5.41, 5.74) is 0. The third-order valence-corrected chi connectivity index (χ3v) is 3.23. The average molecular weight is 170 g/mol. The second-order valence-corrected chi connectivity index (χ2v) is 4.13. The molecular formula is C10H18O2. The van der Waals surface area contributed by atoms with Crippen molar-refractivity contribution < 1.29 is 9.84 Å². The molecule has 0 amide bonds. The lowest BCUT2D eigenvalue weighted by atomic mass is 9.84. The van der Waals surface area contributed by atoms with E-state index < -0.39 is 0 Å². The fourth-order valence-corrected chi connectivity index (χ4v) is 2.59. The van der Waals surface area contributed by atoms with E-state index in [0.717, 1.165) is 19.3 Å². The Bertz CT molecular complexity index is 158. The molecule has 2 saturated heterocycles. The largest absolute Gasteiger partial charge is 0.393 e. The van der Waals surface area contributed by atoms with E-state index in [0.29, 0.717) is 18.1 Å². The highest BCUT2D eigenvalue weighted by Gasteiger charge is 2.43. The fourth-order valence-electron chi connectivity index (χ4n) is 2.59. The van der Waals surface area contributed by atoms with E-state index in [4.69, 9.17) is 4.74 Å². The lowest BCUT2D eigenvalue weighted by molar-refractivity contribution is 0.0386. The molecule has 2 heteroatoms. The van der Waals surface area contributed by atoms with E-state index in [1.165, 1.54) is 12.8 Å². The van der Waals surface area contributed by atoms with Crippen molar-refractivity contribution in [2.75, 3.05) is 0 Å². The second-order valence-electron chi connectivity index (χ2n) is 4.13. The first kappa shape index (κ1) is 8.52. The highest BCUT2D eigenvalue weighted by Crippen LogP contribution is 2.41. The van der Waals surface area contributed by atoms with Gasteiger partial charge in [-0.1, -0.05) is 13.3 Å². The molecule has 70 valence electrons. The minimum Gasteiger partial charge on any atom is -0.393 e. The minimum atomic E-state index is -0.106. The van der Waals surface area contributed by atoms with Gasteiger partial charge in [-0.2, -0.15) is 0 Å². The SMILES string of the molecule is CCC[C@H](O)C1CC2CCC1O2. The van der Waals surface area contributed by atoms with E-state index in [1.54, 1.807) is 0 Å². The highest BCUT2D eigenvalue weighted by molar-refractivity contribution is 4.92. The van der Waals surface area contributed by atoms with Gasteiger partial charge in [0.2, 0.25) is 0 Å². The molecular weight excluding hydrogens is 152 g/mol. The van der Waals surface area contributed by atoms with Crippen LogP contribution in [0.5, 0.6) is 0 Å². The molecule has 2 aliphatic heterocycles. The van der Waals surface area contributed by atoms with E-state index in [2.05, 4.69) is 6.92 Å². The molecule has 2 nitrogen and oxygen atoms in total. The molecule has 0 saturated carbocycles. The lowest BCUT2D eigenvalue weighted by Crippen LogP contribution is -2.29. The minimum absolute atomic E-state index is 0.106. The van der Waals surface area contributed by atoms with Crippen LogP contribution in [0.3, 0.4) is 0 Å². The zero-order chi connectivity index (χ0) is 8.55. The van der Waals surface area contributed by atoms with Gasteiger partial charge < -0.3 is 9.84 Å². The normalized spacial score (nSPS) is 42.0. The second kappa shape index (κ2) is 3.35. The molecule has 2 rings (SSSR count). The summed E-state index contributed by atoms with van der Waals surface area (Å²) in [7, 11) is 0. The van der Waals surface area contributed by atoms with Crippen LogP contribution in [-0.2, 0) is 4.74 Å². The van der Waals surface area contributed by atoms with E-state index >= 15 is 0 Å². The molecule has 0 radical (unpaired) electrons. The quantitative estimate of drug-likeness (QED) is 0.698. The Morgan fingerprint density at radius 1 is 1.50 bits per heavy atom. The molecule has 12 heavy (non-hydrogen) atoms. The van der Waals surface area contributed by atoms with Gasteiger partial charge in [0.05, 0.1) is 18.3 Å². The number of aliphatic hydroxyl groups excluding tert-OH is 1. The van der Waals surface area contributed by atoms with Crippen molar-refractivity contribution in [3.63, 3.8) is 0 Å². The molecule has 0 aliphatic carbocycles. The number of rotatable bonds is 3. The fraction of sp³-hybridized carbons (Fsp3) is 1.00. The van der Waals surface area contributed by atoms with Gasteiger partial charge in [-0.25, -0.2) is 0 Å². The lowest BCUT2D eigenvalue weighted by Gasteiger charge is -2.23. The van der Waals surface area contributed by atoms with Crippen LogP contribution in [0.15, 0.2) is 0 Å². The van der Waals surface area contributed by atoms with Crippen molar-refractivity contribution in [2.45, 2.75) is 57.3 Å². The molecule has 2 bridgehead atoms. The Kier molecular flexibility index (Phi) is 2.37. The van der Waals surface area contributed by atoms with Crippen molar-refractivity contribution >= 4 is 0 Å². The van der Waals surface area contributed by atoms with E-state index in [9.17, 15) is 5.11 Å². The monoisotopic (exact) mass is 170 g/mol. The summed E-state index contributed by atoms with van der Waals surface area (Å²) in [6, 6.07) is 0. The van der Waals surface area contributed by atoms with Crippen LogP contribution in [0.2, 0.25) is 0 Å². The third-order valence-electron chi connectivity index (χ3n) is 3.23. The van der Waals surface area contributed by atoms with Crippen molar-refractivity contribution in [3.8, 4) is 0 Å². The van der Waals surface area contributed by atoms with Gasteiger partial charge in [-0.15, -0.1) is 0 Å². The Hall–Kier alpha value is -0.0800. The first-order valence-corrected chi connectivity index (χ1v) is 5.14. The predicted molar refractivity (Wildman–Crippen MR) is 46.9 cm³/mol. The van der Waals surface area contributed by atoms with Gasteiger partial charge in [0, 0.05) is 5.92 Å². The first-order valence-electron chi connectivity index (χ1n) is 5.14. The van der Waals surface area contributed by atoms with Crippen molar-refractivity contribution in [1.29, 1.82) is 0 Å². The van der Waals surface area contributed by atoms with E-state index in [-0.39, 0.29) is 6.10 Å². The smallest absolute Gasteiger partial charge is 0.0633 e. The molecule has 2 aliphatic rings. The number of fused-ring (bicyclic) bond motifs is 2. The van der Waals surface area contributed by atoms with Crippen LogP contribution in [0.1, 0.15) is 39.0 Å². The van der Waals surface area contributed by atoms with Gasteiger partial charge in [0.15, 0.2) is 0 Å². The third kappa shape index (κ3) is 1.38. The molecule has 1 N–H and O–H groups in total. The summed E-state index contributed by atoms with van der Waals surface area (Å²) in [5.74, 6) is 0.448. The van der Waals surface area contributed by atoms with Gasteiger partial charge in [0.1, 0.15) is 0 Å². The zero-order valence-electron chi connectivity index (χ0n) is 7.70. The van der Waals surface area contributed by atoms with Gasteiger partial charge >= 0.3 is 0 Å². The Morgan fingerprint density at radius 2 is 2.33 bits per heavy atom. The van der Waals surface area contributed by atoms with Gasteiger partial charge in [0.25, 0.3) is 0 Å². The summed E-state index contributed by atoms with van der Waals surface area (Å²) in [5, 5.41) is 9.79. The van der Waals surface area contributed by atoms with Crippen LogP contribution in [0.25, 0.3) is 0 Å². The zero-order valence-corrected chi connectivity index (χ0v) is 7.70. The molecule has 0 spiro atoms. The number of ether oxygens (including phenoxy) is 1. The molecule has 2 fully saturated rings. The summed E-state index contributed by atoms with van der Waals surface area (Å²) in [6.45, 7) is 2.12. The van der Waals surface area contributed by atoms with E-state index in [1.807, 2.05) is 0 Å². The molecule has 0 aromatic carbocycles. The van der Waals surface area contributed by atoms with Crippen LogP contribution < -0.4 is 0 Å². The molecule has 0 aromatic rings. The molecule has 4 atom stereocenters. The molecule has 3 unspecified atom stereocenters. The van der Waals surface area contributed by atoms with Gasteiger partial charge in [-0.05, 0) is 25.7 Å². The number of hydrogen-bond acceptors (Lipinski definition) is 2. The maximum Gasteiger partial charge on any atom is 0.0633 e.